The third kappa shape index (κ3) is 3.77. The predicted octanol–water partition coefficient (Wildman–Crippen LogP) is 2.36. The second-order valence-electron chi connectivity index (χ2n) is 7.77. The van der Waals surface area contributed by atoms with Gasteiger partial charge in [0.2, 0.25) is 5.91 Å². The van der Waals surface area contributed by atoms with Crippen LogP contribution in [-0.2, 0) is 20.9 Å². The maximum atomic E-state index is 13.1. The largest absolute Gasteiger partial charge is 0.465 e. The first-order valence-electron chi connectivity index (χ1n) is 9.33. The van der Waals surface area contributed by atoms with E-state index in [9.17, 15) is 19.5 Å². The summed E-state index contributed by atoms with van der Waals surface area (Å²) in [5.74, 6) is -0.627. The molecule has 2 fully saturated rings. The van der Waals surface area contributed by atoms with E-state index in [1.807, 2.05) is 44.2 Å². The van der Waals surface area contributed by atoms with E-state index in [1.165, 1.54) is 4.90 Å². The van der Waals surface area contributed by atoms with Gasteiger partial charge in [-0.2, -0.15) is 0 Å². The molecule has 2 aliphatic heterocycles. The lowest BCUT2D eigenvalue weighted by Crippen LogP contribution is -2.49. The molecule has 2 atom stereocenters. The Kier molecular flexibility index (Phi) is 5.39. The number of carboxylic acid groups (broad SMARTS) is 1. The quantitative estimate of drug-likeness (QED) is 0.800. The predicted molar refractivity (Wildman–Crippen MR) is 97.8 cm³/mol. The molecule has 27 heavy (non-hydrogen) atoms. The molecule has 0 bridgehead atoms. The summed E-state index contributed by atoms with van der Waals surface area (Å²) in [7, 11) is 0. The third-order valence-electron chi connectivity index (χ3n) is 5.60. The number of hydrogen-bond donors (Lipinski definition) is 1. The minimum absolute atomic E-state index is 0.0932. The fourth-order valence-electron chi connectivity index (χ4n) is 4.10. The average Bonchev–Trinajstić information content (AvgIpc) is 3.21. The Morgan fingerprint density at radius 1 is 1.19 bits per heavy atom. The summed E-state index contributed by atoms with van der Waals surface area (Å²) in [6.07, 6.45) is 0.0874. The number of carbonyl (C=O) groups is 3. The van der Waals surface area contributed by atoms with Gasteiger partial charge in [0.05, 0.1) is 5.41 Å². The smallest absolute Gasteiger partial charge is 0.407 e. The van der Waals surface area contributed by atoms with Gasteiger partial charge >= 0.3 is 12.1 Å². The first-order chi connectivity index (χ1) is 12.8. The molecule has 2 aliphatic rings. The van der Waals surface area contributed by atoms with Crippen molar-refractivity contribution < 1.29 is 24.2 Å². The van der Waals surface area contributed by atoms with E-state index >= 15 is 0 Å². The number of rotatable bonds is 5. The summed E-state index contributed by atoms with van der Waals surface area (Å²) in [5.41, 5.74) is 0.205. The van der Waals surface area contributed by atoms with Gasteiger partial charge in [0.25, 0.3) is 0 Å². The molecule has 2 saturated heterocycles. The van der Waals surface area contributed by atoms with Crippen molar-refractivity contribution in [3.8, 4) is 0 Å². The van der Waals surface area contributed by atoms with E-state index in [-0.39, 0.29) is 25.0 Å². The van der Waals surface area contributed by atoms with Crippen molar-refractivity contribution in [1.29, 1.82) is 0 Å². The maximum Gasteiger partial charge on any atom is 0.407 e. The molecule has 2 amide bonds. The van der Waals surface area contributed by atoms with Gasteiger partial charge < -0.3 is 19.6 Å². The zero-order valence-corrected chi connectivity index (χ0v) is 15.8. The van der Waals surface area contributed by atoms with Crippen LogP contribution in [0.2, 0.25) is 0 Å². The summed E-state index contributed by atoms with van der Waals surface area (Å²) in [5, 5.41) is 9.20. The SMILES string of the molecule is CC(C)C(C(=O)OCc1ccccc1)N1CC[C@]2(CCN(C(=O)O)C2)C1=O. The molecule has 1 aromatic carbocycles. The summed E-state index contributed by atoms with van der Waals surface area (Å²) in [4.78, 5) is 40.0. The summed E-state index contributed by atoms with van der Waals surface area (Å²) in [6, 6.07) is 8.77. The zero-order valence-electron chi connectivity index (χ0n) is 15.8. The van der Waals surface area contributed by atoms with Gasteiger partial charge in [-0.15, -0.1) is 0 Å². The third-order valence-corrected chi connectivity index (χ3v) is 5.60. The molecule has 2 heterocycles. The van der Waals surface area contributed by atoms with Crippen LogP contribution in [0.5, 0.6) is 0 Å². The lowest BCUT2D eigenvalue weighted by Gasteiger charge is -2.31. The number of likely N-dealkylation sites (tertiary alicyclic amines) is 2. The van der Waals surface area contributed by atoms with E-state index in [0.29, 0.717) is 25.9 Å². The molecule has 7 nitrogen and oxygen atoms in total. The van der Waals surface area contributed by atoms with Crippen molar-refractivity contribution in [2.75, 3.05) is 19.6 Å². The molecular formula is C20H26N2O5. The van der Waals surface area contributed by atoms with E-state index in [2.05, 4.69) is 0 Å². The number of hydrogen-bond acceptors (Lipinski definition) is 4. The number of ether oxygens (including phenoxy) is 1. The Labute approximate surface area is 158 Å². The molecule has 0 radical (unpaired) electrons. The fraction of sp³-hybridized carbons (Fsp3) is 0.550. The van der Waals surface area contributed by atoms with E-state index in [0.717, 1.165) is 5.56 Å². The number of amides is 2. The Balaban J connectivity index is 1.69. The van der Waals surface area contributed by atoms with Crippen LogP contribution in [-0.4, -0.2) is 58.6 Å². The van der Waals surface area contributed by atoms with Gasteiger partial charge in [-0.05, 0) is 24.3 Å². The normalized spacial score (nSPS) is 23.3. The highest BCUT2D eigenvalue weighted by Gasteiger charge is 2.54. The second kappa shape index (κ2) is 7.58. The monoisotopic (exact) mass is 374 g/mol. The highest BCUT2D eigenvalue weighted by molar-refractivity contribution is 5.91. The Morgan fingerprint density at radius 2 is 1.85 bits per heavy atom. The number of benzene rings is 1. The molecule has 3 rings (SSSR count). The van der Waals surface area contributed by atoms with Gasteiger partial charge in [0, 0.05) is 19.6 Å². The van der Waals surface area contributed by atoms with Crippen LogP contribution in [0, 0.1) is 11.3 Å². The minimum Gasteiger partial charge on any atom is -0.465 e. The Hall–Kier alpha value is -2.57. The topological polar surface area (TPSA) is 87.2 Å². The fourth-order valence-corrected chi connectivity index (χ4v) is 4.10. The minimum atomic E-state index is -0.999. The number of carbonyl (C=O) groups excluding carboxylic acids is 2. The van der Waals surface area contributed by atoms with Crippen molar-refractivity contribution >= 4 is 18.0 Å². The van der Waals surface area contributed by atoms with Gasteiger partial charge in [0.15, 0.2) is 0 Å². The summed E-state index contributed by atoms with van der Waals surface area (Å²) < 4.78 is 5.49. The molecule has 0 saturated carbocycles. The van der Waals surface area contributed by atoms with Crippen LogP contribution in [0.3, 0.4) is 0 Å². The molecule has 1 unspecified atom stereocenters. The first-order valence-corrected chi connectivity index (χ1v) is 9.33. The van der Waals surface area contributed by atoms with E-state index in [4.69, 9.17) is 4.74 Å². The lowest BCUT2D eigenvalue weighted by atomic mass is 9.85. The van der Waals surface area contributed by atoms with Crippen LogP contribution in [0.1, 0.15) is 32.3 Å². The van der Waals surface area contributed by atoms with Crippen LogP contribution in [0.15, 0.2) is 30.3 Å². The number of esters is 1. The van der Waals surface area contributed by atoms with Gasteiger partial charge in [-0.3, -0.25) is 4.79 Å². The van der Waals surface area contributed by atoms with Gasteiger partial charge in [0.1, 0.15) is 12.6 Å². The molecule has 7 heteroatoms. The summed E-state index contributed by atoms with van der Waals surface area (Å²) >= 11 is 0. The lowest BCUT2D eigenvalue weighted by molar-refractivity contribution is -0.158. The standard InChI is InChI=1S/C20H26N2O5/c1-14(2)16(17(23)27-12-15-6-4-3-5-7-15)22-11-9-20(18(22)24)8-10-21(13-20)19(25)26/h3-7,14,16H,8-13H2,1-2H3,(H,25,26)/t16?,20-/m0/s1. The van der Waals surface area contributed by atoms with Crippen molar-refractivity contribution in [3.63, 3.8) is 0 Å². The maximum absolute atomic E-state index is 13.1. The van der Waals surface area contributed by atoms with E-state index < -0.39 is 23.5 Å². The molecule has 1 spiro atoms. The van der Waals surface area contributed by atoms with E-state index in [1.54, 1.807) is 4.90 Å². The Morgan fingerprint density at radius 3 is 2.44 bits per heavy atom. The summed E-state index contributed by atoms with van der Waals surface area (Å²) in [6.45, 7) is 4.98. The molecule has 0 aliphatic carbocycles. The van der Waals surface area contributed by atoms with Gasteiger partial charge in [-0.1, -0.05) is 44.2 Å². The van der Waals surface area contributed by atoms with Crippen LogP contribution >= 0.6 is 0 Å². The van der Waals surface area contributed by atoms with Crippen LogP contribution in [0.25, 0.3) is 0 Å². The Bertz CT molecular complexity index is 720. The second-order valence-corrected chi connectivity index (χ2v) is 7.77. The van der Waals surface area contributed by atoms with Crippen LogP contribution < -0.4 is 0 Å². The molecule has 1 N–H and O–H groups in total. The van der Waals surface area contributed by atoms with Crippen molar-refractivity contribution in [2.45, 2.75) is 39.3 Å². The number of nitrogens with zero attached hydrogens (tertiary/aromatic N) is 2. The molecule has 0 aromatic heterocycles. The molecular weight excluding hydrogens is 348 g/mol. The average molecular weight is 374 g/mol. The highest BCUT2D eigenvalue weighted by atomic mass is 16.5. The van der Waals surface area contributed by atoms with Crippen molar-refractivity contribution in [2.24, 2.45) is 11.3 Å². The highest BCUT2D eigenvalue weighted by Crippen LogP contribution is 2.42. The zero-order chi connectivity index (χ0) is 19.6. The van der Waals surface area contributed by atoms with Gasteiger partial charge in [-0.25, -0.2) is 9.59 Å². The molecule has 1 aromatic rings. The van der Waals surface area contributed by atoms with Crippen LogP contribution in [0.4, 0.5) is 4.79 Å². The van der Waals surface area contributed by atoms with Crippen molar-refractivity contribution in [1.82, 2.24) is 9.80 Å². The first kappa shape index (κ1) is 19.2. The van der Waals surface area contributed by atoms with Crippen molar-refractivity contribution in [3.05, 3.63) is 35.9 Å². The molecule has 146 valence electrons.